The highest BCUT2D eigenvalue weighted by Crippen LogP contribution is 2.25. The quantitative estimate of drug-likeness (QED) is 0.232. The van der Waals surface area contributed by atoms with Crippen LogP contribution in [0.2, 0.25) is 0 Å². The summed E-state index contributed by atoms with van der Waals surface area (Å²) in [7, 11) is 3.13. The second-order valence-electron chi connectivity index (χ2n) is 5.54. The summed E-state index contributed by atoms with van der Waals surface area (Å²) in [4.78, 5) is 8.24. The van der Waals surface area contributed by atoms with Crippen LogP contribution >= 0.6 is 24.0 Å². The molecule has 1 aromatic heterocycles. The normalized spacial score (nSPS) is 11.1. The number of aryl methyl sites for hydroxylation is 2. The van der Waals surface area contributed by atoms with Crippen molar-refractivity contribution in [2.45, 2.75) is 32.9 Å². The molecule has 2 N–H and O–H groups in total. The minimum atomic E-state index is -2.90. The number of hydrogen-bond acceptors (Lipinski definition) is 6. The van der Waals surface area contributed by atoms with Crippen molar-refractivity contribution in [2.24, 2.45) is 4.99 Å². The monoisotopic (exact) mass is 511 g/mol. The van der Waals surface area contributed by atoms with Crippen molar-refractivity contribution < 1.29 is 22.8 Å². The van der Waals surface area contributed by atoms with Crippen molar-refractivity contribution in [3.05, 3.63) is 35.5 Å². The Kier molecular flexibility index (Phi) is 10.5. The highest BCUT2D eigenvalue weighted by Gasteiger charge is 2.11. The van der Waals surface area contributed by atoms with Gasteiger partial charge in [-0.25, -0.2) is 0 Å². The van der Waals surface area contributed by atoms with Gasteiger partial charge in [0.15, 0.2) is 11.8 Å². The van der Waals surface area contributed by atoms with Crippen molar-refractivity contribution in [3.8, 4) is 11.5 Å². The number of nitrogens with one attached hydrogen (secondary N) is 2. The number of nitrogens with zero attached hydrogens (tertiary/aromatic N) is 3. The van der Waals surface area contributed by atoms with Crippen LogP contribution in [0.3, 0.4) is 0 Å². The first-order valence-corrected chi connectivity index (χ1v) is 8.37. The fourth-order valence-corrected chi connectivity index (χ4v) is 2.32. The van der Waals surface area contributed by atoms with Gasteiger partial charge in [-0.2, -0.15) is 13.8 Å². The van der Waals surface area contributed by atoms with Gasteiger partial charge >= 0.3 is 6.61 Å². The van der Waals surface area contributed by atoms with Crippen LogP contribution in [0.15, 0.2) is 27.7 Å². The Labute approximate surface area is 179 Å². The van der Waals surface area contributed by atoms with Crippen LogP contribution in [0.1, 0.15) is 23.7 Å². The number of aromatic nitrogens is 2. The first-order valence-electron chi connectivity index (χ1n) is 8.37. The lowest BCUT2D eigenvalue weighted by Gasteiger charge is -2.15. The summed E-state index contributed by atoms with van der Waals surface area (Å²) in [6.45, 7) is -0.272. The van der Waals surface area contributed by atoms with Crippen molar-refractivity contribution in [3.63, 3.8) is 0 Å². The number of alkyl halides is 2. The lowest BCUT2D eigenvalue weighted by atomic mass is 10.2. The van der Waals surface area contributed by atoms with E-state index in [9.17, 15) is 8.78 Å². The van der Waals surface area contributed by atoms with Gasteiger partial charge in [0, 0.05) is 32.1 Å². The fraction of sp³-hybridized carbons (Fsp3) is 0.471. The molecule has 11 heteroatoms. The second kappa shape index (κ2) is 12.3. The predicted molar refractivity (Wildman–Crippen MR) is 111 cm³/mol. The number of ether oxygens (including phenoxy) is 2. The molecule has 1 aromatic carbocycles. The average Bonchev–Trinajstić information content (AvgIpc) is 3.07. The zero-order valence-corrected chi connectivity index (χ0v) is 18.2. The second-order valence-corrected chi connectivity index (χ2v) is 5.54. The van der Waals surface area contributed by atoms with Gasteiger partial charge in [-0.3, -0.25) is 4.99 Å². The molecule has 0 spiro atoms. The number of methoxy groups -OCH3 is 1. The molecular formula is C17H24F2IN5O3. The third-order valence-corrected chi connectivity index (χ3v) is 3.58. The molecule has 2 rings (SSSR count). The van der Waals surface area contributed by atoms with E-state index in [1.807, 2.05) is 0 Å². The summed E-state index contributed by atoms with van der Waals surface area (Å²) in [5.74, 6) is 2.35. The van der Waals surface area contributed by atoms with E-state index in [0.717, 1.165) is 6.42 Å². The van der Waals surface area contributed by atoms with Gasteiger partial charge in [-0.15, -0.1) is 24.0 Å². The molecule has 1 heterocycles. The van der Waals surface area contributed by atoms with Crippen molar-refractivity contribution in [2.75, 3.05) is 20.7 Å². The SMILES string of the molecule is CN=C(NCCCc1nc(C)no1)NCc1cc(OC)ccc1OC(F)F.I. The maximum absolute atomic E-state index is 12.6. The molecule has 2 aromatic rings. The van der Waals surface area contributed by atoms with Gasteiger partial charge in [0.05, 0.1) is 7.11 Å². The van der Waals surface area contributed by atoms with E-state index in [4.69, 9.17) is 9.26 Å². The molecule has 0 aliphatic carbocycles. The Morgan fingerprint density at radius 1 is 1.32 bits per heavy atom. The summed E-state index contributed by atoms with van der Waals surface area (Å²) in [6, 6.07) is 4.65. The maximum Gasteiger partial charge on any atom is 0.387 e. The zero-order chi connectivity index (χ0) is 19.6. The summed E-state index contributed by atoms with van der Waals surface area (Å²) in [6.07, 6.45) is 1.41. The maximum atomic E-state index is 12.6. The summed E-state index contributed by atoms with van der Waals surface area (Å²) < 4.78 is 39.9. The van der Waals surface area contributed by atoms with E-state index < -0.39 is 6.61 Å². The minimum Gasteiger partial charge on any atom is -0.497 e. The Hall–Kier alpha value is -2.18. The Bertz CT molecular complexity index is 758. The number of hydrogen-bond donors (Lipinski definition) is 2. The number of benzene rings is 1. The summed E-state index contributed by atoms with van der Waals surface area (Å²) in [5, 5.41) is 9.93. The lowest BCUT2D eigenvalue weighted by Crippen LogP contribution is -2.37. The molecule has 8 nitrogen and oxygen atoms in total. The van der Waals surface area contributed by atoms with Gasteiger partial charge in [0.1, 0.15) is 11.5 Å². The van der Waals surface area contributed by atoms with E-state index in [-0.39, 0.29) is 36.3 Å². The van der Waals surface area contributed by atoms with Gasteiger partial charge in [0.25, 0.3) is 0 Å². The van der Waals surface area contributed by atoms with Gasteiger partial charge in [-0.1, -0.05) is 5.16 Å². The molecule has 0 unspecified atom stereocenters. The van der Waals surface area contributed by atoms with Crippen molar-refractivity contribution in [1.29, 1.82) is 0 Å². The number of halogens is 3. The van der Waals surface area contributed by atoms with Crippen LogP contribution in [0.25, 0.3) is 0 Å². The first kappa shape index (κ1) is 23.9. The first-order chi connectivity index (χ1) is 13.0. The van der Waals surface area contributed by atoms with Gasteiger partial charge in [0.2, 0.25) is 5.89 Å². The molecule has 0 aliphatic heterocycles. The van der Waals surface area contributed by atoms with Crippen LogP contribution < -0.4 is 20.1 Å². The number of rotatable bonds is 9. The fourth-order valence-electron chi connectivity index (χ4n) is 2.32. The average molecular weight is 511 g/mol. The predicted octanol–water partition coefficient (Wildman–Crippen LogP) is 2.90. The lowest BCUT2D eigenvalue weighted by molar-refractivity contribution is -0.0504. The Balaban J connectivity index is 0.00000392. The molecule has 0 radical (unpaired) electrons. The molecule has 0 amide bonds. The van der Waals surface area contributed by atoms with Crippen LogP contribution in [-0.2, 0) is 13.0 Å². The molecular weight excluding hydrogens is 487 g/mol. The summed E-state index contributed by atoms with van der Waals surface area (Å²) in [5.41, 5.74) is 0.527. The summed E-state index contributed by atoms with van der Waals surface area (Å²) >= 11 is 0. The van der Waals surface area contributed by atoms with E-state index in [2.05, 4.69) is 30.5 Å². The van der Waals surface area contributed by atoms with Gasteiger partial charge in [-0.05, 0) is 31.5 Å². The molecule has 0 saturated heterocycles. The number of guanidine groups is 1. The van der Waals surface area contributed by atoms with E-state index in [1.54, 1.807) is 26.1 Å². The minimum absolute atomic E-state index is 0. The third-order valence-electron chi connectivity index (χ3n) is 3.58. The zero-order valence-electron chi connectivity index (χ0n) is 15.9. The van der Waals surface area contributed by atoms with Crippen LogP contribution in [0.4, 0.5) is 8.78 Å². The van der Waals surface area contributed by atoms with E-state index in [1.165, 1.54) is 13.2 Å². The van der Waals surface area contributed by atoms with Gasteiger partial charge < -0.3 is 24.6 Å². The topological polar surface area (TPSA) is 93.8 Å². The molecule has 156 valence electrons. The Morgan fingerprint density at radius 2 is 2.11 bits per heavy atom. The largest absolute Gasteiger partial charge is 0.497 e. The van der Waals surface area contributed by atoms with Crippen molar-refractivity contribution in [1.82, 2.24) is 20.8 Å². The highest BCUT2D eigenvalue weighted by atomic mass is 127. The van der Waals surface area contributed by atoms with E-state index >= 15 is 0 Å². The molecule has 28 heavy (non-hydrogen) atoms. The highest BCUT2D eigenvalue weighted by molar-refractivity contribution is 14.0. The molecule has 0 aliphatic rings. The third kappa shape index (κ3) is 7.82. The molecule has 0 atom stereocenters. The van der Waals surface area contributed by atoms with Crippen LogP contribution in [0.5, 0.6) is 11.5 Å². The smallest absolute Gasteiger partial charge is 0.387 e. The van der Waals surface area contributed by atoms with E-state index in [0.29, 0.717) is 42.0 Å². The number of aliphatic imine (C=N–C) groups is 1. The van der Waals surface area contributed by atoms with Crippen LogP contribution in [-0.4, -0.2) is 43.4 Å². The molecule has 0 bridgehead atoms. The molecule has 0 saturated carbocycles. The Morgan fingerprint density at radius 3 is 2.71 bits per heavy atom. The van der Waals surface area contributed by atoms with Crippen molar-refractivity contribution >= 4 is 29.9 Å². The standard InChI is InChI=1S/C17H23F2N5O3.HI/c1-11-23-15(27-24-11)5-4-8-21-17(20-2)22-10-12-9-13(25-3)6-7-14(12)26-16(18)19;/h6-7,9,16H,4-5,8,10H2,1-3H3,(H2,20,21,22);1H. The van der Waals surface area contributed by atoms with Crippen LogP contribution in [0, 0.1) is 6.92 Å². The molecule has 0 fully saturated rings.